The number of carbonyl (C=O) groups excluding carboxylic acids is 1. The summed E-state index contributed by atoms with van der Waals surface area (Å²) in [4.78, 5) is 19.2. The maximum atomic E-state index is 14.2. The molecule has 3 unspecified atom stereocenters. The minimum Gasteiger partial charge on any atom is -0.371 e. The molecule has 1 saturated heterocycles. The number of hydrogen-bond donors (Lipinski definition) is 1. The van der Waals surface area contributed by atoms with Crippen LogP contribution in [-0.4, -0.2) is 25.2 Å². The average molecular weight is 379 g/mol. The molecule has 3 atom stereocenters. The van der Waals surface area contributed by atoms with Crippen molar-refractivity contribution in [2.75, 3.05) is 23.3 Å². The van der Waals surface area contributed by atoms with Gasteiger partial charge in [0.15, 0.2) is 0 Å². The van der Waals surface area contributed by atoms with Gasteiger partial charge in [-0.05, 0) is 61.1 Å². The van der Waals surface area contributed by atoms with Crippen LogP contribution in [0.4, 0.5) is 21.5 Å². The Balaban J connectivity index is 1.55. The molecule has 0 saturated carbocycles. The van der Waals surface area contributed by atoms with Crippen molar-refractivity contribution in [1.82, 2.24) is 0 Å². The highest BCUT2D eigenvalue weighted by atomic mass is 19.1. The molecule has 2 aromatic rings. The third kappa shape index (κ3) is 3.53. The lowest BCUT2D eigenvalue weighted by molar-refractivity contribution is -0.115. The monoisotopic (exact) mass is 379 g/mol. The van der Waals surface area contributed by atoms with Crippen molar-refractivity contribution < 1.29 is 9.18 Å². The van der Waals surface area contributed by atoms with E-state index in [0.29, 0.717) is 23.1 Å². The van der Waals surface area contributed by atoms with Gasteiger partial charge in [0.25, 0.3) is 0 Å². The molecule has 1 N–H and O–H groups in total. The van der Waals surface area contributed by atoms with Crippen molar-refractivity contribution in [3.05, 3.63) is 53.3 Å². The molecular formula is C23H26FN3O. The zero-order valence-corrected chi connectivity index (χ0v) is 16.6. The van der Waals surface area contributed by atoms with Crippen LogP contribution in [0.5, 0.6) is 0 Å². The molecule has 146 valence electrons. The van der Waals surface area contributed by atoms with Gasteiger partial charge in [0, 0.05) is 36.2 Å². The molecule has 0 aromatic heterocycles. The van der Waals surface area contributed by atoms with E-state index in [0.717, 1.165) is 18.8 Å². The number of nitrogens with one attached hydrogen (secondary N) is 1. The second-order valence-corrected chi connectivity index (χ2v) is 8.27. The Labute approximate surface area is 165 Å². The van der Waals surface area contributed by atoms with E-state index < -0.39 is 5.92 Å². The summed E-state index contributed by atoms with van der Waals surface area (Å²) >= 11 is 0. The lowest BCUT2D eigenvalue weighted by Gasteiger charge is -2.37. The largest absolute Gasteiger partial charge is 0.371 e. The Morgan fingerprint density at radius 3 is 2.64 bits per heavy atom. The van der Waals surface area contributed by atoms with E-state index in [1.807, 2.05) is 12.1 Å². The molecule has 4 nitrogen and oxygen atoms in total. The van der Waals surface area contributed by atoms with Gasteiger partial charge >= 0.3 is 0 Å². The molecule has 0 spiro atoms. The molecule has 1 amide bonds. The number of hydrogen-bond acceptors (Lipinski definition) is 3. The minimum absolute atomic E-state index is 0.242. The number of piperidine rings is 1. The van der Waals surface area contributed by atoms with Gasteiger partial charge < -0.3 is 10.2 Å². The lowest BCUT2D eigenvalue weighted by Crippen LogP contribution is -2.39. The Kier molecular flexibility index (Phi) is 4.92. The molecule has 4 rings (SSSR count). The number of anilines is 2. The molecule has 0 bridgehead atoms. The second kappa shape index (κ2) is 7.38. The summed E-state index contributed by atoms with van der Waals surface area (Å²) in [6.45, 7) is 8.86. The average Bonchev–Trinajstić information content (AvgIpc) is 2.95. The summed E-state index contributed by atoms with van der Waals surface area (Å²) in [5.74, 6) is 0.0639. The molecular weight excluding hydrogens is 353 g/mol. The van der Waals surface area contributed by atoms with E-state index in [2.05, 4.69) is 42.0 Å². The summed E-state index contributed by atoms with van der Waals surface area (Å²) in [5, 5.41) is 2.72. The number of benzene rings is 2. The van der Waals surface area contributed by atoms with Gasteiger partial charge in [0.1, 0.15) is 11.7 Å². The van der Waals surface area contributed by atoms with Crippen LogP contribution < -0.4 is 10.2 Å². The second-order valence-electron chi connectivity index (χ2n) is 8.27. The van der Waals surface area contributed by atoms with Crippen LogP contribution in [0, 0.1) is 24.6 Å². The number of fused-ring (bicyclic) bond motifs is 1. The molecule has 5 heteroatoms. The van der Waals surface area contributed by atoms with E-state index in [4.69, 9.17) is 0 Å². The van der Waals surface area contributed by atoms with Crippen LogP contribution in [0.2, 0.25) is 0 Å². The number of halogens is 1. The first-order valence-corrected chi connectivity index (χ1v) is 9.91. The van der Waals surface area contributed by atoms with Gasteiger partial charge in [-0.25, -0.2) is 4.39 Å². The third-order valence-corrected chi connectivity index (χ3v) is 5.67. The molecule has 0 aliphatic carbocycles. The molecule has 2 aliphatic heterocycles. The van der Waals surface area contributed by atoms with Gasteiger partial charge in [-0.2, -0.15) is 0 Å². The predicted molar refractivity (Wildman–Crippen MR) is 112 cm³/mol. The minimum atomic E-state index is -0.694. The zero-order chi connectivity index (χ0) is 19.8. The smallest absolute Gasteiger partial charge is 0.237 e. The molecule has 1 fully saturated rings. The fraction of sp³-hybridized carbons (Fsp3) is 0.391. The van der Waals surface area contributed by atoms with E-state index >= 15 is 0 Å². The van der Waals surface area contributed by atoms with Crippen LogP contribution in [0.25, 0.3) is 0 Å². The maximum Gasteiger partial charge on any atom is 0.237 e. The number of aryl methyl sites for hydroxylation is 1. The molecule has 28 heavy (non-hydrogen) atoms. The highest BCUT2D eigenvalue weighted by Crippen LogP contribution is 2.34. The quantitative estimate of drug-likeness (QED) is 0.758. The number of aliphatic imine (C=N–C) groups is 1. The third-order valence-electron chi connectivity index (χ3n) is 5.67. The number of carbonyl (C=O) groups is 1. The van der Waals surface area contributed by atoms with Crippen molar-refractivity contribution in [2.45, 2.75) is 33.1 Å². The van der Waals surface area contributed by atoms with Gasteiger partial charge in [-0.3, -0.25) is 9.79 Å². The summed E-state index contributed by atoms with van der Waals surface area (Å²) in [6.07, 6.45) is 2.82. The van der Waals surface area contributed by atoms with Crippen molar-refractivity contribution in [1.29, 1.82) is 0 Å². The van der Waals surface area contributed by atoms with Crippen molar-refractivity contribution in [3.8, 4) is 0 Å². The topological polar surface area (TPSA) is 44.7 Å². The van der Waals surface area contributed by atoms with E-state index in [1.54, 1.807) is 18.3 Å². The maximum absolute atomic E-state index is 14.2. The van der Waals surface area contributed by atoms with Crippen LogP contribution >= 0.6 is 0 Å². The van der Waals surface area contributed by atoms with Crippen molar-refractivity contribution >= 4 is 29.2 Å². The van der Waals surface area contributed by atoms with E-state index in [9.17, 15) is 9.18 Å². The molecule has 2 aliphatic rings. The number of rotatable bonds is 3. The Morgan fingerprint density at radius 2 is 1.93 bits per heavy atom. The number of amides is 1. The van der Waals surface area contributed by atoms with Crippen molar-refractivity contribution in [3.63, 3.8) is 0 Å². The van der Waals surface area contributed by atoms with Crippen LogP contribution in [0.15, 0.2) is 41.4 Å². The SMILES string of the molecule is Cc1cc(N=CC2C(=O)Nc3cccc(F)c32)ccc1N1CC(C)CC(C)C1. The first kappa shape index (κ1) is 18.7. The molecule has 0 radical (unpaired) electrons. The molecule has 2 heterocycles. The Hall–Kier alpha value is -2.69. The highest BCUT2D eigenvalue weighted by molar-refractivity contribution is 6.12. The lowest BCUT2D eigenvalue weighted by atomic mass is 9.91. The van der Waals surface area contributed by atoms with Crippen LogP contribution in [-0.2, 0) is 4.79 Å². The Morgan fingerprint density at radius 1 is 1.18 bits per heavy atom. The fourth-order valence-electron chi connectivity index (χ4n) is 4.54. The fourth-order valence-corrected chi connectivity index (χ4v) is 4.54. The molecule has 2 aromatic carbocycles. The standard InChI is InChI=1S/C23H26FN3O/c1-14-9-15(2)13-27(12-14)21-8-7-17(10-16(21)3)25-11-18-22-19(24)5-4-6-20(22)26-23(18)28/h4-8,10-11,14-15,18H,9,12-13H2,1-3H3,(H,26,28). The summed E-state index contributed by atoms with van der Waals surface area (Å²) in [5.41, 5.74) is 4.09. The van der Waals surface area contributed by atoms with Crippen LogP contribution in [0.1, 0.15) is 37.3 Å². The zero-order valence-electron chi connectivity index (χ0n) is 16.6. The summed E-state index contributed by atoms with van der Waals surface area (Å²) in [7, 11) is 0. The van der Waals surface area contributed by atoms with Gasteiger partial charge in [-0.1, -0.05) is 19.9 Å². The van der Waals surface area contributed by atoms with Crippen LogP contribution in [0.3, 0.4) is 0 Å². The first-order chi connectivity index (χ1) is 13.4. The van der Waals surface area contributed by atoms with Gasteiger partial charge in [0.2, 0.25) is 5.91 Å². The highest BCUT2D eigenvalue weighted by Gasteiger charge is 2.32. The van der Waals surface area contributed by atoms with E-state index in [-0.39, 0.29) is 11.7 Å². The van der Waals surface area contributed by atoms with E-state index in [1.165, 1.54) is 23.7 Å². The number of nitrogens with zero attached hydrogens (tertiary/aromatic N) is 2. The Bertz CT molecular complexity index is 929. The normalized spacial score (nSPS) is 24.5. The van der Waals surface area contributed by atoms with Gasteiger partial charge in [0.05, 0.1) is 5.69 Å². The summed E-state index contributed by atoms with van der Waals surface area (Å²) in [6, 6.07) is 10.8. The first-order valence-electron chi connectivity index (χ1n) is 9.91. The van der Waals surface area contributed by atoms with Crippen molar-refractivity contribution in [2.24, 2.45) is 16.8 Å². The predicted octanol–water partition coefficient (Wildman–Crippen LogP) is 5.05. The summed E-state index contributed by atoms with van der Waals surface area (Å²) < 4.78 is 14.2. The van der Waals surface area contributed by atoms with Gasteiger partial charge in [-0.15, -0.1) is 0 Å².